The van der Waals surface area contributed by atoms with Crippen LogP contribution in [0.15, 0.2) is 30.7 Å². The van der Waals surface area contributed by atoms with Crippen LogP contribution in [-0.4, -0.2) is 14.8 Å². The van der Waals surface area contributed by atoms with Crippen LogP contribution in [0.5, 0.6) is 11.5 Å². The maximum atomic E-state index is 5.70. The fraction of sp³-hybridized carbons (Fsp3) is 0.333. The molecule has 5 nitrogen and oxygen atoms in total. The molecule has 0 bridgehead atoms. The van der Waals surface area contributed by atoms with Crippen LogP contribution in [0.3, 0.4) is 0 Å². The first-order valence-corrected chi connectivity index (χ1v) is 5.67. The van der Waals surface area contributed by atoms with Gasteiger partial charge < -0.3 is 10.5 Å². The number of hydrogen-bond acceptors (Lipinski definition) is 4. The molecule has 0 amide bonds. The molecule has 0 aliphatic heterocycles. The standard InChI is InChI=1S/C12H16N4O/c1-2-6-16-9-10(8-15-16)17-12-4-3-5-14-11(12)7-13/h3-5,8-9H,2,6-7,13H2,1H3. The molecule has 0 saturated heterocycles. The van der Waals surface area contributed by atoms with Crippen LogP contribution in [0, 0.1) is 0 Å². The van der Waals surface area contributed by atoms with Crippen molar-refractivity contribution in [2.75, 3.05) is 0 Å². The van der Waals surface area contributed by atoms with Crippen LogP contribution in [0.25, 0.3) is 0 Å². The molecular weight excluding hydrogens is 216 g/mol. The van der Waals surface area contributed by atoms with Gasteiger partial charge in [0.15, 0.2) is 5.75 Å². The quantitative estimate of drug-likeness (QED) is 0.855. The minimum absolute atomic E-state index is 0.360. The summed E-state index contributed by atoms with van der Waals surface area (Å²) >= 11 is 0. The van der Waals surface area contributed by atoms with Gasteiger partial charge in [-0.2, -0.15) is 5.10 Å². The first kappa shape index (κ1) is 11.6. The second-order valence-electron chi connectivity index (χ2n) is 3.69. The molecule has 0 radical (unpaired) electrons. The van der Waals surface area contributed by atoms with Gasteiger partial charge in [-0.25, -0.2) is 0 Å². The highest BCUT2D eigenvalue weighted by Crippen LogP contribution is 2.22. The van der Waals surface area contributed by atoms with E-state index in [9.17, 15) is 0 Å². The monoisotopic (exact) mass is 232 g/mol. The lowest BCUT2D eigenvalue weighted by Gasteiger charge is -2.06. The van der Waals surface area contributed by atoms with Crippen LogP contribution in [-0.2, 0) is 13.1 Å². The third kappa shape index (κ3) is 2.82. The first-order valence-electron chi connectivity index (χ1n) is 5.67. The highest BCUT2D eigenvalue weighted by atomic mass is 16.5. The van der Waals surface area contributed by atoms with Crippen LogP contribution >= 0.6 is 0 Å². The van der Waals surface area contributed by atoms with Crippen molar-refractivity contribution in [3.63, 3.8) is 0 Å². The Labute approximate surface area is 100 Å². The van der Waals surface area contributed by atoms with E-state index >= 15 is 0 Å². The normalized spacial score (nSPS) is 10.5. The second-order valence-corrected chi connectivity index (χ2v) is 3.69. The van der Waals surface area contributed by atoms with E-state index in [1.54, 1.807) is 12.4 Å². The summed E-state index contributed by atoms with van der Waals surface area (Å²) in [4.78, 5) is 4.16. The minimum atomic E-state index is 0.360. The zero-order valence-electron chi connectivity index (χ0n) is 9.84. The molecule has 2 aromatic heterocycles. The average molecular weight is 232 g/mol. The number of aryl methyl sites for hydroxylation is 1. The van der Waals surface area contributed by atoms with Crippen molar-refractivity contribution in [1.29, 1.82) is 0 Å². The second kappa shape index (κ2) is 5.45. The van der Waals surface area contributed by atoms with E-state index in [1.165, 1.54) is 0 Å². The van der Waals surface area contributed by atoms with Gasteiger partial charge >= 0.3 is 0 Å². The van der Waals surface area contributed by atoms with Crippen LogP contribution in [0.2, 0.25) is 0 Å². The Hall–Kier alpha value is -1.88. The molecule has 2 aromatic rings. The van der Waals surface area contributed by atoms with E-state index < -0.39 is 0 Å². The number of nitrogens with two attached hydrogens (primary N) is 1. The van der Waals surface area contributed by atoms with Crippen molar-refractivity contribution in [2.24, 2.45) is 5.73 Å². The van der Waals surface area contributed by atoms with E-state index in [0.29, 0.717) is 18.0 Å². The summed E-state index contributed by atoms with van der Waals surface area (Å²) in [6, 6.07) is 3.68. The maximum Gasteiger partial charge on any atom is 0.165 e. The topological polar surface area (TPSA) is 66.0 Å². The Morgan fingerprint density at radius 3 is 3.12 bits per heavy atom. The molecule has 0 unspecified atom stereocenters. The highest BCUT2D eigenvalue weighted by molar-refractivity contribution is 5.31. The van der Waals surface area contributed by atoms with Gasteiger partial charge in [0.05, 0.1) is 18.1 Å². The molecule has 0 aromatic carbocycles. The van der Waals surface area contributed by atoms with E-state index in [4.69, 9.17) is 10.5 Å². The Morgan fingerprint density at radius 1 is 1.47 bits per heavy atom. The summed E-state index contributed by atoms with van der Waals surface area (Å²) in [6.07, 6.45) is 6.32. The van der Waals surface area contributed by atoms with E-state index in [0.717, 1.165) is 18.7 Å². The molecule has 0 aliphatic carbocycles. The maximum absolute atomic E-state index is 5.70. The van der Waals surface area contributed by atoms with Crippen molar-refractivity contribution in [3.8, 4) is 11.5 Å². The summed E-state index contributed by atoms with van der Waals surface area (Å²) in [7, 11) is 0. The number of aromatic nitrogens is 3. The van der Waals surface area contributed by atoms with Gasteiger partial charge in [0.2, 0.25) is 0 Å². The number of nitrogens with zero attached hydrogens (tertiary/aromatic N) is 3. The number of pyridine rings is 1. The molecule has 90 valence electrons. The molecular formula is C12H16N4O. The molecule has 5 heteroatoms. The Bertz CT molecular complexity index is 481. The van der Waals surface area contributed by atoms with E-state index in [-0.39, 0.29) is 0 Å². The zero-order valence-corrected chi connectivity index (χ0v) is 9.84. The summed E-state index contributed by atoms with van der Waals surface area (Å²) in [5.74, 6) is 1.40. The fourth-order valence-corrected chi connectivity index (χ4v) is 1.55. The van der Waals surface area contributed by atoms with E-state index in [1.807, 2.05) is 23.0 Å². The van der Waals surface area contributed by atoms with Gasteiger partial charge in [0.25, 0.3) is 0 Å². The SMILES string of the molecule is CCCn1cc(Oc2cccnc2CN)cn1. The Kier molecular flexibility index (Phi) is 3.72. The van der Waals surface area contributed by atoms with Crippen molar-refractivity contribution < 1.29 is 4.74 Å². The third-order valence-electron chi connectivity index (χ3n) is 2.33. The Morgan fingerprint density at radius 2 is 2.35 bits per heavy atom. The molecule has 2 heterocycles. The predicted molar refractivity (Wildman–Crippen MR) is 64.7 cm³/mol. The van der Waals surface area contributed by atoms with Crippen molar-refractivity contribution in [3.05, 3.63) is 36.4 Å². The average Bonchev–Trinajstić information content (AvgIpc) is 2.78. The zero-order chi connectivity index (χ0) is 12.1. The van der Waals surface area contributed by atoms with Gasteiger partial charge in [-0.05, 0) is 18.6 Å². The van der Waals surface area contributed by atoms with Gasteiger partial charge in [0, 0.05) is 19.3 Å². The van der Waals surface area contributed by atoms with Crippen molar-refractivity contribution in [2.45, 2.75) is 26.4 Å². The smallest absolute Gasteiger partial charge is 0.165 e. The lowest BCUT2D eigenvalue weighted by molar-refractivity contribution is 0.471. The van der Waals surface area contributed by atoms with Gasteiger partial charge in [-0.3, -0.25) is 9.67 Å². The number of ether oxygens (including phenoxy) is 1. The molecule has 0 spiro atoms. The van der Waals surface area contributed by atoms with Crippen molar-refractivity contribution in [1.82, 2.24) is 14.8 Å². The van der Waals surface area contributed by atoms with Gasteiger partial charge in [-0.1, -0.05) is 6.92 Å². The highest BCUT2D eigenvalue weighted by Gasteiger charge is 2.05. The molecule has 0 aliphatic rings. The lowest BCUT2D eigenvalue weighted by Crippen LogP contribution is -2.01. The summed E-state index contributed by atoms with van der Waals surface area (Å²) in [5.41, 5.74) is 6.34. The van der Waals surface area contributed by atoms with Gasteiger partial charge in [0.1, 0.15) is 5.75 Å². The van der Waals surface area contributed by atoms with Crippen LogP contribution < -0.4 is 10.5 Å². The molecule has 0 atom stereocenters. The summed E-state index contributed by atoms with van der Waals surface area (Å²) in [6.45, 7) is 3.36. The van der Waals surface area contributed by atoms with E-state index in [2.05, 4.69) is 17.0 Å². The molecule has 2 N–H and O–H groups in total. The van der Waals surface area contributed by atoms with Crippen LogP contribution in [0.4, 0.5) is 0 Å². The molecule has 0 fully saturated rings. The molecule has 17 heavy (non-hydrogen) atoms. The minimum Gasteiger partial charge on any atom is -0.452 e. The van der Waals surface area contributed by atoms with Crippen LogP contribution in [0.1, 0.15) is 19.0 Å². The Balaban J connectivity index is 2.13. The fourth-order valence-electron chi connectivity index (χ4n) is 1.55. The summed E-state index contributed by atoms with van der Waals surface area (Å²) < 4.78 is 7.56. The van der Waals surface area contributed by atoms with Crippen molar-refractivity contribution >= 4 is 0 Å². The number of rotatable bonds is 5. The molecule has 0 saturated carbocycles. The largest absolute Gasteiger partial charge is 0.452 e. The lowest BCUT2D eigenvalue weighted by atomic mass is 10.3. The third-order valence-corrected chi connectivity index (χ3v) is 2.33. The summed E-state index contributed by atoms with van der Waals surface area (Å²) in [5, 5.41) is 4.20. The predicted octanol–water partition coefficient (Wildman–Crippen LogP) is 1.94. The number of hydrogen-bond donors (Lipinski definition) is 1. The first-order chi connectivity index (χ1) is 8.33. The molecule has 2 rings (SSSR count). The van der Waals surface area contributed by atoms with Gasteiger partial charge in [-0.15, -0.1) is 0 Å².